The fourth-order valence-corrected chi connectivity index (χ4v) is 2.25. The average Bonchev–Trinajstić information content (AvgIpc) is 2.56. The Hall–Kier alpha value is -1.79. The third-order valence-electron chi connectivity index (χ3n) is 3.06. The second-order valence-corrected chi connectivity index (χ2v) is 5.44. The van der Waals surface area contributed by atoms with Gasteiger partial charge in [-0.1, -0.05) is 18.7 Å². The molecule has 0 N–H and O–H groups in total. The molecule has 0 aromatic carbocycles. The molecule has 6 heteroatoms. The first-order valence-corrected chi connectivity index (χ1v) is 7.95. The molecule has 0 saturated heterocycles. The lowest BCUT2D eigenvalue weighted by atomic mass is 10.1. The summed E-state index contributed by atoms with van der Waals surface area (Å²) in [7, 11) is 3.02. The summed E-state index contributed by atoms with van der Waals surface area (Å²) in [6.07, 6.45) is 8.43. The van der Waals surface area contributed by atoms with Gasteiger partial charge in [-0.15, -0.1) is 0 Å². The maximum atomic E-state index is 11.5. The van der Waals surface area contributed by atoms with E-state index in [1.165, 1.54) is 7.11 Å². The minimum Gasteiger partial charge on any atom is -0.465 e. The number of nitrogens with zero attached hydrogens (tertiary/aromatic N) is 2. The Bertz CT molecular complexity index is 624. The summed E-state index contributed by atoms with van der Waals surface area (Å²) in [5, 5.41) is 0. The minimum absolute atomic E-state index is 0.394. The van der Waals surface area contributed by atoms with E-state index in [0.717, 1.165) is 18.5 Å². The van der Waals surface area contributed by atoms with Gasteiger partial charge in [0.25, 0.3) is 0 Å². The van der Waals surface area contributed by atoms with Crippen LogP contribution in [0.4, 0.5) is 0 Å². The molecule has 0 bridgehead atoms. The number of ether oxygens (including phenoxy) is 2. The molecule has 1 heterocycles. The molecule has 1 rings (SSSR count). The highest BCUT2D eigenvalue weighted by molar-refractivity contribution is 9.10. The molecule has 0 fully saturated rings. The molecule has 0 unspecified atom stereocenters. The summed E-state index contributed by atoms with van der Waals surface area (Å²) in [6.45, 7) is 6.44. The number of carbonyl (C=O) groups excluding carboxylic acids is 1. The lowest BCUT2D eigenvalue weighted by Gasteiger charge is -2.06. The highest BCUT2D eigenvalue weighted by atomic mass is 79.9. The Kier molecular flexibility index (Phi) is 8.43. The Balaban J connectivity index is 2.90. The van der Waals surface area contributed by atoms with E-state index in [0.29, 0.717) is 28.1 Å². The molecule has 5 nitrogen and oxygen atoms in total. The van der Waals surface area contributed by atoms with Gasteiger partial charge < -0.3 is 9.47 Å². The standard InChI is InChI=1S/C17H21BrN2O3/c1-5-13(17(21)23-4)9-8-12(2)15-16(18)19-11-14(20-15)7-6-10-22-3/h5,8-9,11H,2,6-7,10H2,1,3-4H3/b9-8-,13-5+. The maximum Gasteiger partial charge on any atom is 0.337 e. The summed E-state index contributed by atoms with van der Waals surface area (Å²) in [5.41, 5.74) is 2.63. The normalized spacial score (nSPS) is 11.7. The fraction of sp³-hybridized carbons (Fsp3) is 0.353. The van der Waals surface area contributed by atoms with Gasteiger partial charge >= 0.3 is 5.97 Å². The van der Waals surface area contributed by atoms with Crippen LogP contribution in [0.1, 0.15) is 24.7 Å². The highest BCUT2D eigenvalue weighted by Crippen LogP contribution is 2.21. The predicted molar refractivity (Wildman–Crippen MR) is 93.9 cm³/mol. The summed E-state index contributed by atoms with van der Waals surface area (Å²) >= 11 is 3.38. The smallest absolute Gasteiger partial charge is 0.337 e. The number of rotatable bonds is 8. The second-order valence-electron chi connectivity index (χ2n) is 4.69. The fourth-order valence-electron chi connectivity index (χ4n) is 1.80. The van der Waals surface area contributed by atoms with Gasteiger partial charge in [-0.25, -0.2) is 14.8 Å². The third kappa shape index (κ3) is 6.08. The highest BCUT2D eigenvalue weighted by Gasteiger charge is 2.09. The van der Waals surface area contributed by atoms with E-state index in [1.807, 2.05) is 0 Å². The Morgan fingerprint density at radius 3 is 2.74 bits per heavy atom. The van der Waals surface area contributed by atoms with Gasteiger partial charge in [0.15, 0.2) is 0 Å². The number of aromatic nitrogens is 2. The molecule has 0 saturated carbocycles. The van der Waals surface area contributed by atoms with Gasteiger partial charge in [-0.3, -0.25) is 0 Å². The summed E-state index contributed by atoms with van der Waals surface area (Å²) in [5.74, 6) is -0.394. The Morgan fingerprint density at radius 1 is 1.39 bits per heavy atom. The van der Waals surface area contributed by atoms with E-state index in [2.05, 4.69) is 32.5 Å². The van der Waals surface area contributed by atoms with Gasteiger partial charge in [0.2, 0.25) is 0 Å². The van der Waals surface area contributed by atoms with Crippen LogP contribution in [0.3, 0.4) is 0 Å². The van der Waals surface area contributed by atoms with Crippen LogP contribution in [-0.2, 0) is 20.7 Å². The van der Waals surface area contributed by atoms with E-state index >= 15 is 0 Å². The van der Waals surface area contributed by atoms with Crippen LogP contribution in [0.5, 0.6) is 0 Å². The lowest BCUT2D eigenvalue weighted by Crippen LogP contribution is -2.02. The quantitative estimate of drug-likeness (QED) is 0.299. The van der Waals surface area contributed by atoms with Crippen LogP contribution in [-0.4, -0.2) is 36.8 Å². The van der Waals surface area contributed by atoms with Crippen LogP contribution >= 0.6 is 15.9 Å². The number of methoxy groups -OCH3 is 2. The number of hydrogen-bond acceptors (Lipinski definition) is 5. The number of carbonyl (C=O) groups is 1. The van der Waals surface area contributed by atoms with E-state index in [9.17, 15) is 4.79 Å². The topological polar surface area (TPSA) is 61.3 Å². The number of halogens is 1. The van der Waals surface area contributed by atoms with Gasteiger partial charge in [0, 0.05) is 19.9 Å². The molecule has 0 amide bonds. The van der Waals surface area contributed by atoms with Crippen molar-refractivity contribution >= 4 is 27.5 Å². The van der Waals surface area contributed by atoms with Crippen molar-refractivity contribution in [1.82, 2.24) is 9.97 Å². The van der Waals surface area contributed by atoms with Crippen molar-refractivity contribution in [2.75, 3.05) is 20.8 Å². The Morgan fingerprint density at radius 2 is 2.13 bits per heavy atom. The lowest BCUT2D eigenvalue weighted by molar-refractivity contribution is -0.135. The average molecular weight is 381 g/mol. The third-order valence-corrected chi connectivity index (χ3v) is 3.64. The molecule has 0 aliphatic rings. The molecular weight excluding hydrogens is 360 g/mol. The van der Waals surface area contributed by atoms with E-state index in [1.54, 1.807) is 38.5 Å². The van der Waals surface area contributed by atoms with Gasteiger partial charge in [-0.2, -0.15) is 0 Å². The summed E-state index contributed by atoms with van der Waals surface area (Å²) in [6, 6.07) is 0. The first kappa shape index (κ1) is 19.3. The van der Waals surface area contributed by atoms with Gasteiger partial charge in [0.05, 0.1) is 18.4 Å². The molecule has 0 radical (unpaired) electrons. The molecule has 23 heavy (non-hydrogen) atoms. The molecule has 0 aliphatic heterocycles. The van der Waals surface area contributed by atoms with Crippen LogP contribution < -0.4 is 0 Å². The molecule has 0 atom stereocenters. The summed E-state index contributed by atoms with van der Waals surface area (Å²) in [4.78, 5) is 20.4. The largest absolute Gasteiger partial charge is 0.465 e. The monoisotopic (exact) mass is 380 g/mol. The molecule has 0 spiro atoms. The maximum absolute atomic E-state index is 11.5. The molecule has 124 valence electrons. The van der Waals surface area contributed by atoms with Crippen molar-refractivity contribution in [3.05, 3.63) is 52.6 Å². The molecular formula is C17H21BrN2O3. The van der Waals surface area contributed by atoms with Crippen LogP contribution in [0.2, 0.25) is 0 Å². The molecule has 0 aliphatic carbocycles. The van der Waals surface area contributed by atoms with Crippen molar-refractivity contribution in [3.63, 3.8) is 0 Å². The zero-order valence-corrected chi connectivity index (χ0v) is 15.2. The van der Waals surface area contributed by atoms with Crippen LogP contribution in [0, 0.1) is 0 Å². The first-order valence-electron chi connectivity index (χ1n) is 7.15. The van der Waals surface area contributed by atoms with Gasteiger partial charge in [-0.05, 0) is 47.3 Å². The minimum atomic E-state index is -0.394. The first-order chi connectivity index (χ1) is 11.0. The molecule has 1 aromatic heterocycles. The van der Waals surface area contributed by atoms with Crippen molar-refractivity contribution in [1.29, 1.82) is 0 Å². The van der Waals surface area contributed by atoms with E-state index in [4.69, 9.17) is 9.47 Å². The zero-order chi connectivity index (χ0) is 17.2. The number of aryl methyl sites for hydroxylation is 1. The second kappa shape index (κ2) is 10.1. The van der Waals surface area contributed by atoms with E-state index < -0.39 is 5.97 Å². The molecule has 1 aromatic rings. The summed E-state index contributed by atoms with van der Waals surface area (Å²) < 4.78 is 10.4. The number of esters is 1. The number of allylic oxidation sites excluding steroid dienone is 3. The van der Waals surface area contributed by atoms with Crippen LogP contribution in [0.15, 0.2) is 41.2 Å². The zero-order valence-electron chi connectivity index (χ0n) is 13.6. The van der Waals surface area contributed by atoms with Crippen LogP contribution in [0.25, 0.3) is 5.57 Å². The number of hydrogen-bond donors (Lipinski definition) is 0. The van der Waals surface area contributed by atoms with Gasteiger partial charge in [0.1, 0.15) is 10.3 Å². The predicted octanol–water partition coefficient (Wildman–Crippen LogP) is 3.51. The van der Waals surface area contributed by atoms with Crippen molar-refractivity contribution in [3.8, 4) is 0 Å². The van der Waals surface area contributed by atoms with Crippen molar-refractivity contribution < 1.29 is 14.3 Å². The van der Waals surface area contributed by atoms with Crippen molar-refractivity contribution in [2.24, 2.45) is 0 Å². The van der Waals surface area contributed by atoms with E-state index in [-0.39, 0.29) is 0 Å². The van der Waals surface area contributed by atoms with Crippen molar-refractivity contribution in [2.45, 2.75) is 19.8 Å². The Labute approximate surface area is 145 Å². The SMILES string of the molecule is C=C(/C=C\C(=C/C)C(=O)OC)c1nc(CCCOC)cnc1Br.